The van der Waals surface area contributed by atoms with E-state index in [4.69, 9.17) is 0 Å². The molecule has 2 aromatic rings. The fraction of sp³-hybridized carbons (Fsp3) is 0.188. The maximum absolute atomic E-state index is 11.9. The predicted octanol–water partition coefficient (Wildman–Crippen LogP) is 3.96. The van der Waals surface area contributed by atoms with Gasteiger partial charge in [-0.3, -0.25) is 4.79 Å². The third-order valence-corrected chi connectivity index (χ3v) is 3.68. The van der Waals surface area contributed by atoms with Crippen LogP contribution in [-0.2, 0) is 4.79 Å². The minimum absolute atomic E-state index is 0.0490. The van der Waals surface area contributed by atoms with Gasteiger partial charge in [0, 0.05) is 14.9 Å². The first-order valence-electron chi connectivity index (χ1n) is 6.41. The summed E-state index contributed by atoms with van der Waals surface area (Å²) < 4.78 is 1.15. The summed E-state index contributed by atoms with van der Waals surface area (Å²) >= 11 is 2.24. The van der Waals surface area contributed by atoms with Crippen LogP contribution in [0.25, 0.3) is 0 Å². The highest BCUT2D eigenvalue weighted by molar-refractivity contribution is 14.1. The normalized spacial score (nSPS) is 10.2. The second kappa shape index (κ2) is 6.74. The summed E-state index contributed by atoms with van der Waals surface area (Å²) in [6, 6.07) is 13.9. The van der Waals surface area contributed by atoms with Gasteiger partial charge in [-0.05, 0) is 77.9 Å². The molecular formula is C16H17IN2O. The molecule has 0 spiro atoms. The molecule has 2 aromatic carbocycles. The zero-order valence-electron chi connectivity index (χ0n) is 11.5. The van der Waals surface area contributed by atoms with Crippen LogP contribution >= 0.6 is 22.6 Å². The summed E-state index contributed by atoms with van der Waals surface area (Å²) in [6.07, 6.45) is 0. The number of aryl methyl sites for hydroxylation is 2. The topological polar surface area (TPSA) is 41.1 Å². The van der Waals surface area contributed by atoms with E-state index in [1.54, 1.807) is 0 Å². The summed E-state index contributed by atoms with van der Waals surface area (Å²) in [6.45, 7) is 4.32. The molecule has 1 amide bonds. The molecule has 20 heavy (non-hydrogen) atoms. The summed E-state index contributed by atoms with van der Waals surface area (Å²) in [5.41, 5.74) is 4.13. The molecular weight excluding hydrogens is 363 g/mol. The van der Waals surface area contributed by atoms with Crippen molar-refractivity contribution in [1.29, 1.82) is 0 Å². The quantitative estimate of drug-likeness (QED) is 0.789. The number of rotatable bonds is 4. The molecule has 0 saturated carbocycles. The molecule has 0 aliphatic rings. The van der Waals surface area contributed by atoms with Gasteiger partial charge >= 0.3 is 0 Å². The van der Waals surface area contributed by atoms with Gasteiger partial charge < -0.3 is 10.6 Å². The molecule has 0 saturated heterocycles. The molecule has 0 unspecified atom stereocenters. The van der Waals surface area contributed by atoms with Crippen molar-refractivity contribution < 1.29 is 4.79 Å². The molecule has 0 aliphatic heterocycles. The fourth-order valence-corrected chi connectivity index (χ4v) is 2.20. The second-order valence-electron chi connectivity index (χ2n) is 4.73. The number of benzene rings is 2. The Hall–Kier alpha value is -1.56. The third kappa shape index (κ3) is 4.23. The Morgan fingerprint density at radius 2 is 1.80 bits per heavy atom. The summed E-state index contributed by atoms with van der Waals surface area (Å²) in [4.78, 5) is 11.9. The lowest BCUT2D eigenvalue weighted by molar-refractivity contribution is -0.114. The SMILES string of the molecule is Cc1ccc(C)c(NCC(=O)Nc2ccc(I)cc2)c1. The van der Waals surface area contributed by atoms with E-state index in [1.165, 1.54) is 5.56 Å². The van der Waals surface area contributed by atoms with Crippen LogP contribution in [-0.4, -0.2) is 12.5 Å². The minimum atomic E-state index is -0.0490. The maximum atomic E-state index is 11.9. The van der Waals surface area contributed by atoms with Gasteiger partial charge in [-0.15, -0.1) is 0 Å². The number of hydrogen-bond acceptors (Lipinski definition) is 2. The zero-order valence-corrected chi connectivity index (χ0v) is 13.7. The zero-order chi connectivity index (χ0) is 14.5. The van der Waals surface area contributed by atoms with Gasteiger partial charge in [0.25, 0.3) is 0 Å². The van der Waals surface area contributed by atoms with Gasteiger partial charge in [0.05, 0.1) is 6.54 Å². The number of amides is 1. The van der Waals surface area contributed by atoms with Crippen molar-refractivity contribution in [2.75, 3.05) is 17.2 Å². The minimum Gasteiger partial charge on any atom is -0.376 e. The monoisotopic (exact) mass is 380 g/mol. The van der Waals surface area contributed by atoms with Crippen LogP contribution in [0.3, 0.4) is 0 Å². The van der Waals surface area contributed by atoms with E-state index in [0.717, 1.165) is 20.5 Å². The van der Waals surface area contributed by atoms with Crippen molar-refractivity contribution >= 4 is 39.9 Å². The van der Waals surface area contributed by atoms with Crippen LogP contribution in [0.1, 0.15) is 11.1 Å². The molecule has 3 nitrogen and oxygen atoms in total. The van der Waals surface area contributed by atoms with Gasteiger partial charge in [-0.25, -0.2) is 0 Å². The van der Waals surface area contributed by atoms with Crippen molar-refractivity contribution in [2.45, 2.75) is 13.8 Å². The second-order valence-corrected chi connectivity index (χ2v) is 5.97. The highest BCUT2D eigenvalue weighted by Gasteiger charge is 2.04. The van der Waals surface area contributed by atoms with Crippen LogP contribution in [0, 0.1) is 17.4 Å². The Kier molecular flexibility index (Phi) is 5.00. The van der Waals surface area contributed by atoms with Crippen molar-refractivity contribution in [3.63, 3.8) is 0 Å². The Balaban J connectivity index is 1.92. The number of hydrogen-bond donors (Lipinski definition) is 2. The number of halogens is 1. The van der Waals surface area contributed by atoms with E-state index in [0.29, 0.717) is 0 Å². The van der Waals surface area contributed by atoms with Crippen LogP contribution in [0.2, 0.25) is 0 Å². The Morgan fingerprint density at radius 3 is 2.50 bits per heavy atom. The van der Waals surface area contributed by atoms with Crippen LogP contribution in [0.4, 0.5) is 11.4 Å². The molecule has 4 heteroatoms. The van der Waals surface area contributed by atoms with Crippen LogP contribution < -0.4 is 10.6 Å². The Labute approximate surface area is 132 Å². The average molecular weight is 380 g/mol. The van der Waals surface area contributed by atoms with Crippen LogP contribution in [0.15, 0.2) is 42.5 Å². The third-order valence-electron chi connectivity index (χ3n) is 2.96. The highest BCUT2D eigenvalue weighted by atomic mass is 127. The first-order chi connectivity index (χ1) is 9.54. The molecule has 0 heterocycles. The molecule has 2 N–H and O–H groups in total. The van der Waals surface area contributed by atoms with Gasteiger partial charge in [-0.2, -0.15) is 0 Å². The first kappa shape index (κ1) is 14.8. The molecule has 0 fully saturated rings. The van der Waals surface area contributed by atoms with E-state index in [2.05, 4.69) is 45.4 Å². The molecule has 0 aromatic heterocycles. The Bertz CT molecular complexity index is 608. The van der Waals surface area contributed by atoms with E-state index >= 15 is 0 Å². The van der Waals surface area contributed by atoms with E-state index < -0.39 is 0 Å². The number of carbonyl (C=O) groups is 1. The van der Waals surface area contributed by atoms with Gasteiger partial charge in [0.15, 0.2) is 0 Å². The fourth-order valence-electron chi connectivity index (χ4n) is 1.84. The van der Waals surface area contributed by atoms with Gasteiger partial charge in [0.1, 0.15) is 0 Å². The summed E-state index contributed by atoms with van der Waals surface area (Å²) in [7, 11) is 0. The van der Waals surface area contributed by atoms with Crippen LogP contribution in [0.5, 0.6) is 0 Å². The molecule has 104 valence electrons. The summed E-state index contributed by atoms with van der Waals surface area (Å²) in [5, 5.41) is 6.04. The van der Waals surface area contributed by atoms with Crippen molar-refractivity contribution in [3.8, 4) is 0 Å². The maximum Gasteiger partial charge on any atom is 0.243 e. The van der Waals surface area contributed by atoms with E-state index in [1.807, 2.05) is 44.2 Å². The van der Waals surface area contributed by atoms with E-state index in [9.17, 15) is 4.79 Å². The molecule has 0 aliphatic carbocycles. The average Bonchev–Trinajstić information content (AvgIpc) is 2.42. The number of carbonyl (C=O) groups excluding carboxylic acids is 1. The lowest BCUT2D eigenvalue weighted by Gasteiger charge is -2.11. The lowest BCUT2D eigenvalue weighted by Crippen LogP contribution is -2.22. The standard InChI is InChI=1S/C16H17IN2O/c1-11-3-4-12(2)15(9-11)18-10-16(20)19-14-7-5-13(17)6-8-14/h3-9,18H,10H2,1-2H3,(H,19,20). The largest absolute Gasteiger partial charge is 0.376 e. The smallest absolute Gasteiger partial charge is 0.243 e. The summed E-state index contributed by atoms with van der Waals surface area (Å²) in [5.74, 6) is -0.0490. The number of anilines is 2. The first-order valence-corrected chi connectivity index (χ1v) is 7.49. The van der Waals surface area contributed by atoms with E-state index in [-0.39, 0.29) is 12.5 Å². The molecule has 0 radical (unpaired) electrons. The van der Waals surface area contributed by atoms with Crippen molar-refractivity contribution in [2.24, 2.45) is 0 Å². The highest BCUT2D eigenvalue weighted by Crippen LogP contribution is 2.16. The number of nitrogens with one attached hydrogen (secondary N) is 2. The van der Waals surface area contributed by atoms with Crippen molar-refractivity contribution in [3.05, 3.63) is 57.2 Å². The molecule has 2 rings (SSSR count). The predicted molar refractivity (Wildman–Crippen MR) is 92.2 cm³/mol. The van der Waals surface area contributed by atoms with Crippen molar-refractivity contribution in [1.82, 2.24) is 0 Å². The lowest BCUT2D eigenvalue weighted by atomic mass is 10.1. The molecule has 0 bridgehead atoms. The van der Waals surface area contributed by atoms with Gasteiger partial charge in [0.2, 0.25) is 5.91 Å². The Morgan fingerprint density at radius 1 is 1.10 bits per heavy atom. The van der Waals surface area contributed by atoms with Gasteiger partial charge in [-0.1, -0.05) is 12.1 Å². The molecule has 0 atom stereocenters.